The third-order valence-corrected chi connectivity index (χ3v) is 2.14. The van der Waals surface area contributed by atoms with Crippen LogP contribution in [-0.2, 0) is 0 Å². The summed E-state index contributed by atoms with van der Waals surface area (Å²) >= 11 is 0. The number of aliphatic imine (C=N–C) groups is 1. The van der Waals surface area contributed by atoms with Crippen LogP contribution >= 0.6 is 0 Å². The quantitative estimate of drug-likeness (QED) is 0.455. The van der Waals surface area contributed by atoms with E-state index in [2.05, 4.69) is 10.3 Å². The van der Waals surface area contributed by atoms with E-state index < -0.39 is 0 Å². The van der Waals surface area contributed by atoms with Crippen LogP contribution in [0.15, 0.2) is 29.3 Å². The van der Waals surface area contributed by atoms with Gasteiger partial charge in [-0.15, -0.1) is 0 Å². The average Bonchev–Trinajstić information content (AvgIpc) is 2.34. The molecule has 1 aromatic rings. The summed E-state index contributed by atoms with van der Waals surface area (Å²) in [5.74, 6) is 2.05. The number of nitrogens with one attached hydrogen (secondary N) is 1. The van der Waals surface area contributed by atoms with E-state index in [1.807, 2.05) is 38.1 Å². The standard InChI is InChI=1S/C13H21N3O2/c1-10(2)16-13(14)15-8-9-18-12-6-4-11(17-3)5-7-12/h4-7,10H,8-9H2,1-3H3,(H3,14,15,16). The van der Waals surface area contributed by atoms with E-state index in [0.29, 0.717) is 19.1 Å². The van der Waals surface area contributed by atoms with Gasteiger partial charge in [-0.25, -0.2) is 4.99 Å². The van der Waals surface area contributed by atoms with Crippen LogP contribution in [-0.4, -0.2) is 32.3 Å². The van der Waals surface area contributed by atoms with Crippen molar-refractivity contribution in [1.82, 2.24) is 5.32 Å². The number of benzene rings is 1. The van der Waals surface area contributed by atoms with Crippen LogP contribution in [0, 0.1) is 0 Å². The number of hydrogen-bond donors (Lipinski definition) is 2. The second kappa shape index (κ2) is 7.42. The molecule has 0 saturated carbocycles. The van der Waals surface area contributed by atoms with Crippen LogP contribution in [0.25, 0.3) is 0 Å². The van der Waals surface area contributed by atoms with Crippen molar-refractivity contribution in [2.45, 2.75) is 19.9 Å². The van der Waals surface area contributed by atoms with Crippen molar-refractivity contribution < 1.29 is 9.47 Å². The zero-order valence-corrected chi connectivity index (χ0v) is 11.1. The minimum atomic E-state index is 0.288. The number of guanidine groups is 1. The molecular formula is C13H21N3O2. The Hall–Kier alpha value is -1.91. The van der Waals surface area contributed by atoms with Gasteiger partial charge in [0, 0.05) is 6.04 Å². The fraction of sp³-hybridized carbons (Fsp3) is 0.462. The molecule has 0 unspecified atom stereocenters. The first kappa shape index (κ1) is 14.2. The molecule has 0 radical (unpaired) electrons. The van der Waals surface area contributed by atoms with Crippen molar-refractivity contribution in [3.05, 3.63) is 24.3 Å². The fourth-order valence-electron chi connectivity index (χ4n) is 1.34. The van der Waals surface area contributed by atoms with E-state index in [0.717, 1.165) is 11.5 Å². The largest absolute Gasteiger partial charge is 0.497 e. The molecule has 100 valence electrons. The maximum Gasteiger partial charge on any atom is 0.188 e. The Bertz CT molecular complexity index is 374. The lowest BCUT2D eigenvalue weighted by Crippen LogP contribution is -2.37. The SMILES string of the molecule is COc1ccc(OCCN=C(N)NC(C)C)cc1. The van der Waals surface area contributed by atoms with E-state index in [9.17, 15) is 0 Å². The molecule has 3 N–H and O–H groups in total. The van der Waals surface area contributed by atoms with Crippen molar-refractivity contribution in [1.29, 1.82) is 0 Å². The lowest BCUT2D eigenvalue weighted by Gasteiger charge is -2.09. The summed E-state index contributed by atoms with van der Waals surface area (Å²) in [4.78, 5) is 4.15. The third-order valence-electron chi connectivity index (χ3n) is 2.14. The summed E-state index contributed by atoms with van der Waals surface area (Å²) in [7, 11) is 1.63. The number of hydrogen-bond acceptors (Lipinski definition) is 3. The highest BCUT2D eigenvalue weighted by molar-refractivity contribution is 5.78. The Labute approximate surface area is 108 Å². The van der Waals surface area contributed by atoms with E-state index in [1.54, 1.807) is 7.11 Å². The van der Waals surface area contributed by atoms with Crippen molar-refractivity contribution in [3.8, 4) is 11.5 Å². The van der Waals surface area contributed by atoms with Gasteiger partial charge in [0.1, 0.15) is 18.1 Å². The molecule has 0 spiro atoms. The normalized spacial score (nSPS) is 11.4. The van der Waals surface area contributed by atoms with Gasteiger partial charge in [-0.05, 0) is 38.1 Å². The Morgan fingerprint density at radius 2 is 1.89 bits per heavy atom. The fourth-order valence-corrected chi connectivity index (χ4v) is 1.34. The molecule has 0 fully saturated rings. The molecule has 5 heteroatoms. The van der Waals surface area contributed by atoms with E-state index >= 15 is 0 Å². The lowest BCUT2D eigenvalue weighted by molar-refractivity contribution is 0.327. The van der Waals surface area contributed by atoms with Gasteiger partial charge < -0.3 is 20.5 Å². The first-order valence-electron chi connectivity index (χ1n) is 5.95. The molecule has 0 aliphatic heterocycles. The number of methoxy groups -OCH3 is 1. The molecule has 5 nitrogen and oxygen atoms in total. The van der Waals surface area contributed by atoms with Crippen LogP contribution in [0.1, 0.15) is 13.8 Å². The zero-order valence-electron chi connectivity index (χ0n) is 11.1. The highest BCUT2D eigenvalue weighted by Gasteiger charge is 1.96. The van der Waals surface area contributed by atoms with Crippen molar-refractivity contribution in [2.75, 3.05) is 20.3 Å². The Morgan fingerprint density at radius 3 is 2.44 bits per heavy atom. The Morgan fingerprint density at radius 1 is 1.28 bits per heavy atom. The van der Waals surface area contributed by atoms with Crippen molar-refractivity contribution in [2.24, 2.45) is 10.7 Å². The molecule has 0 bridgehead atoms. The van der Waals surface area contributed by atoms with Gasteiger partial charge in [0.15, 0.2) is 5.96 Å². The number of nitrogens with zero attached hydrogens (tertiary/aromatic N) is 1. The maximum atomic E-state index is 5.66. The predicted octanol–water partition coefficient (Wildman–Crippen LogP) is 1.39. The molecular weight excluding hydrogens is 230 g/mol. The van der Waals surface area contributed by atoms with E-state index in [4.69, 9.17) is 15.2 Å². The molecule has 18 heavy (non-hydrogen) atoms. The van der Waals surface area contributed by atoms with E-state index in [1.165, 1.54) is 0 Å². The second-order valence-electron chi connectivity index (χ2n) is 4.09. The molecule has 0 saturated heterocycles. The number of nitrogens with two attached hydrogens (primary N) is 1. The monoisotopic (exact) mass is 251 g/mol. The molecule has 1 rings (SSSR count). The number of rotatable bonds is 6. The first-order valence-corrected chi connectivity index (χ1v) is 5.95. The van der Waals surface area contributed by atoms with Crippen LogP contribution in [0.4, 0.5) is 0 Å². The predicted molar refractivity (Wildman–Crippen MR) is 73.3 cm³/mol. The minimum Gasteiger partial charge on any atom is -0.497 e. The third kappa shape index (κ3) is 5.43. The van der Waals surface area contributed by atoms with Gasteiger partial charge >= 0.3 is 0 Å². The smallest absolute Gasteiger partial charge is 0.188 e. The second-order valence-corrected chi connectivity index (χ2v) is 4.09. The van der Waals surface area contributed by atoms with Crippen LogP contribution < -0.4 is 20.5 Å². The summed E-state index contributed by atoms with van der Waals surface area (Å²) in [6.07, 6.45) is 0. The molecule has 0 aromatic heterocycles. The average molecular weight is 251 g/mol. The number of ether oxygens (including phenoxy) is 2. The molecule has 0 aliphatic carbocycles. The summed E-state index contributed by atoms with van der Waals surface area (Å²) < 4.78 is 10.6. The van der Waals surface area contributed by atoms with Gasteiger partial charge in [0.05, 0.1) is 13.7 Å². The van der Waals surface area contributed by atoms with Gasteiger partial charge in [-0.3, -0.25) is 0 Å². The zero-order chi connectivity index (χ0) is 13.4. The maximum absolute atomic E-state index is 5.66. The van der Waals surface area contributed by atoms with Gasteiger partial charge in [0.2, 0.25) is 0 Å². The van der Waals surface area contributed by atoms with Crippen LogP contribution in [0.2, 0.25) is 0 Å². The summed E-state index contributed by atoms with van der Waals surface area (Å²) in [6.45, 7) is 5.04. The Balaban J connectivity index is 2.28. The topological polar surface area (TPSA) is 68.9 Å². The lowest BCUT2D eigenvalue weighted by atomic mass is 10.3. The van der Waals surface area contributed by atoms with Gasteiger partial charge in [-0.1, -0.05) is 0 Å². The van der Waals surface area contributed by atoms with E-state index in [-0.39, 0.29) is 6.04 Å². The summed E-state index contributed by atoms with van der Waals surface area (Å²) in [5.41, 5.74) is 5.66. The Kier molecular flexibility index (Phi) is 5.84. The highest BCUT2D eigenvalue weighted by atomic mass is 16.5. The molecule has 0 heterocycles. The molecule has 0 amide bonds. The van der Waals surface area contributed by atoms with Crippen molar-refractivity contribution in [3.63, 3.8) is 0 Å². The molecule has 0 aliphatic rings. The molecule has 0 atom stereocenters. The van der Waals surface area contributed by atoms with Gasteiger partial charge in [0.25, 0.3) is 0 Å². The summed E-state index contributed by atoms with van der Waals surface area (Å²) in [6, 6.07) is 7.72. The van der Waals surface area contributed by atoms with Crippen LogP contribution in [0.3, 0.4) is 0 Å². The van der Waals surface area contributed by atoms with Crippen molar-refractivity contribution >= 4 is 5.96 Å². The van der Waals surface area contributed by atoms with Gasteiger partial charge in [-0.2, -0.15) is 0 Å². The highest BCUT2D eigenvalue weighted by Crippen LogP contribution is 2.16. The summed E-state index contributed by atoms with van der Waals surface area (Å²) in [5, 5.41) is 3.01. The minimum absolute atomic E-state index is 0.288. The first-order chi connectivity index (χ1) is 8.61. The molecule has 1 aromatic carbocycles. The van der Waals surface area contributed by atoms with Crippen LogP contribution in [0.5, 0.6) is 11.5 Å².